The number of nitrogens with zero attached hydrogens (tertiary/aromatic N) is 1. The third-order valence-electron chi connectivity index (χ3n) is 4.63. The number of likely N-dealkylation sites (tertiary alicyclic amines) is 1. The molecule has 0 bridgehead atoms. The average Bonchev–Trinajstić information content (AvgIpc) is 2.30. The number of piperidine rings is 2. The van der Waals surface area contributed by atoms with Crippen LogP contribution in [0.25, 0.3) is 0 Å². The van der Waals surface area contributed by atoms with E-state index < -0.39 is 0 Å². The summed E-state index contributed by atoms with van der Waals surface area (Å²) in [5.74, 6) is 2.96. The number of hydrogen-bond acceptors (Lipinski definition) is 2. The molecule has 2 heteroatoms. The van der Waals surface area contributed by atoms with E-state index in [1.165, 1.54) is 51.9 Å². The third-order valence-corrected chi connectivity index (χ3v) is 4.63. The lowest BCUT2D eigenvalue weighted by Crippen LogP contribution is -2.38. The van der Waals surface area contributed by atoms with Crippen molar-refractivity contribution in [2.24, 2.45) is 17.8 Å². The fourth-order valence-electron chi connectivity index (χ4n) is 3.31. The van der Waals surface area contributed by atoms with Crippen LogP contribution in [0, 0.1) is 17.8 Å². The minimum Gasteiger partial charge on any atom is -0.317 e. The molecule has 0 radical (unpaired) electrons. The molecule has 1 unspecified atom stereocenters. The highest BCUT2D eigenvalue weighted by Gasteiger charge is 2.28. The Morgan fingerprint density at radius 1 is 1.00 bits per heavy atom. The van der Waals surface area contributed by atoms with Gasteiger partial charge >= 0.3 is 0 Å². The van der Waals surface area contributed by atoms with Crippen molar-refractivity contribution in [2.75, 3.05) is 33.2 Å². The predicted molar refractivity (Wildman–Crippen MR) is 65.0 cm³/mol. The Morgan fingerprint density at radius 2 is 1.53 bits per heavy atom. The first kappa shape index (κ1) is 11.4. The van der Waals surface area contributed by atoms with Crippen LogP contribution in [-0.4, -0.2) is 38.1 Å². The van der Waals surface area contributed by atoms with Crippen LogP contribution in [0.3, 0.4) is 0 Å². The molecule has 0 aromatic carbocycles. The van der Waals surface area contributed by atoms with Gasteiger partial charge < -0.3 is 10.2 Å². The lowest BCUT2D eigenvalue weighted by Gasteiger charge is -2.38. The van der Waals surface area contributed by atoms with Gasteiger partial charge in [0.1, 0.15) is 0 Å². The van der Waals surface area contributed by atoms with Gasteiger partial charge in [0.15, 0.2) is 0 Å². The lowest BCUT2D eigenvalue weighted by molar-refractivity contribution is 0.127. The summed E-state index contributed by atoms with van der Waals surface area (Å²) < 4.78 is 0. The maximum absolute atomic E-state index is 3.47. The molecule has 1 atom stereocenters. The molecule has 2 nitrogen and oxygen atoms in total. The molecule has 0 aromatic rings. The third kappa shape index (κ3) is 2.94. The first-order valence-corrected chi connectivity index (χ1v) is 6.66. The van der Waals surface area contributed by atoms with Gasteiger partial charge in [-0.15, -0.1) is 0 Å². The summed E-state index contributed by atoms with van der Waals surface area (Å²) in [5.41, 5.74) is 0. The lowest BCUT2D eigenvalue weighted by atomic mass is 9.74. The Bertz CT molecular complexity index is 179. The normalized spacial score (nSPS) is 29.2. The van der Waals surface area contributed by atoms with Gasteiger partial charge in [-0.3, -0.25) is 0 Å². The average molecular weight is 210 g/mol. The zero-order chi connectivity index (χ0) is 10.7. The predicted octanol–water partition coefficient (Wildman–Crippen LogP) is 1.96. The van der Waals surface area contributed by atoms with Gasteiger partial charge in [0.05, 0.1) is 0 Å². The highest BCUT2D eigenvalue weighted by atomic mass is 15.1. The second kappa shape index (κ2) is 5.31. The van der Waals surface area contributed by atoms with Crippen molar-refractivity contribution in [3.63, 3.8) is 0 Å². The molecule has 2 fully saturated rings. The molecule has 0 saturated carbocycles. The number of rotatable bonds is 2. The maximum Gasteiger partial charge on any atom is -0.00190 e. The Labute approximate surface area is 94.4 Å². The number of hydrogen-bond donors (Lipinski definition) is 1. The van der Waals surface area contributed by atoms with Crippen molar-refractivity contribution in [2.45, 2.75) is 32.6 Å². The topological polar surface area (TPSA) is 15.3 Å². The SMILES string of the molecule is CC(C1CCNCC1)C1CCN(C)CC1. The maximum atomic E-state index is 3.47. The van der Waals surface area contributed by atoms with Crippen molar-refractivity contribution in [3.05, 3.63) is 0 Å². The standard InChI is InChI=1S/C13H26N2/c1-11(12-3-7-14-8-4-12)13-5-9-15(2)10-6-13/h11-14H,3-10H2,1-2H3. The fraction of sp³-hybridized carbons (Fsp3) is 1.00. The summed E-state index contributed by atoms with van der Waals surface area (Å²) in [5, 5.41) is 3.47. The largest absolute Gasteiger partial charge is 0.317 e. The van der Waals surface area contributed by atoms with Gasteiger partial charge in [-0.05, 0) is 76.7 Å². The monoisotopic (exact) mass is 210 g/mol. The second-order valence-corrected chi connectivity index (χ2v) is 5.59. The first-order chi connectivity index (χ1) is 7.27. The minimum absolute atomic E-state index is 0.959. The van der Waals surface area contributed by atoms with Crippen LogP contribution >= 0.6 is 0 Å². The molecule has 15 heavy (non-hydrogen) atoms. The van der Waals surface area contributed by atoms with Crippen LogP contribution in [0.5, 0.6) is 0 Å². The molecule has 2 aliphatic rings. The molecule has 0 amide bonds. The Balaban J connectivity index is 1.81. The fourth-order valence-corrected chi connectivity index (χ4v) is 3.31. The van der Waals surface area contributed by atoms with E-state index in [-0.39, 0.29) is 0 Å². The molecular weight excluding hydrogens is 184 g/mol. The van der Waals surface area contributed by atoms with E-state index in [0.717, 1.165) is 17.8 Å². The molecular formula is C13H26N2. The van der Waals surface area contributed by atoms with Crippen LogP contribution in [0.15, 0.2) is 0 Å². The summed E-state index contributed by atoms with van der Waals surface area (Å²) in [7, 11) is 2.26. The summed E-state index contributed by atoms with van der Waals surface area (Å²) in [6, 6.07) is 0. The summed E-state index contributed by atoms with van der Waals surface area (Å²) in [4.78, 5) is 2.48. The van der Waals surface area contributed by atoms with Crippen LogP contribution in [0.4, 0.5) is 0 Å². The van der Waals surface area contributed by atoms with E-state index in [4.69, 9.17) is 0 Å². The van der Waals surface area contributed by atoms with E-state index in [0.29, 0.717) is 0 Å². The second-order valence-electron chi connectivity index (χ2n) is 5.59. The van der Waals surface area contributed by atoms with E-state index >= 15 is 0 Å². The van der Waals surface area contributed by atoms with E-state index in [1.54, 1.807) is 0 Å². The molecule has 2 aliphatic heterocycles. The van der Waals surface area contributed by atoms with Gasteiger partial charge in [-0.1, -0.05) is 6.92 Å². The molecule has 2 heterocycles. The van der Waals surface area contributed by atoms with Crippen molar-refractivity contribution in [1.29, 1.82) is 0 Å². The van der Waals surface area contributed by atoms with Crippen LogP contribution < -0.4 is 5.32 Å². The Morgan fingerprint density at radius 3 is 2.13 bits per heavy atom. The molecule has 2 rings (SSSR count). The van der Waals surface area contributed by atoms with Crippen molar-refractivity contribution in [3.8, 4) is 0 Å². The van der Waals surface area contributed by atoms with Gasteiger partial charge in [-0.25, -0.2) is 0 Å². The summed E-state index contributed by atoms with van der Waals surface area (Å²) in [6.45, 7) is 7.65. The highest BCUT2D eigenvalue weighted by Crippen LogP contribution is 2.33. The highest BCUT2D eigenvalue weighted by molar-refractivity contribution is 4.81. The Hall–Kier alpha value is -0.0800. The van der Waals surface area contributed by atoms with Crippen LogP contribution in [0.1, 0.15) is 32.6 Å². The van der Waals surface area contributed by atoms with E-state index in [9.17, 15) is 0 Å². The van der Waals surface area contributed by atoms with Gasteiger partial charge in [-0.2, -0.15) is 0 Å². The summed E-state index contributed by atoms with van der Waals surface area (Å²) >= 11 is 0. The molecule has 2 saturated heterocycles. The van der Waals surface area contributed by atoms with Crippen LogP contribution in [0.2, 0.25) is 0 Å². The van der Waals surface area contributed by atoms with Crippen LogP contribution in [-0.2, 0) is 0 Å². The van der Waals surface area contributed by atoms with Gasteiger partial charge in [0, 0.05) is 0 Å². The molecule has 88 valence electrons. The first-order valence-electron chi connectivity index (χ1n) is 6.66. The molecule has 0 aliphatic carbocycles. The van der Waals surface area contributed by atoms with Gasteiger partial charge in [0.2, 0.25) is 0 Å². The van der Waals surface area contributed by atoms with Crippen molar-refractivity contribution >= 4 is 0 Å². The van der Waals surface area contributed by atoms with E-state index in [1.807, 2.05) is 0 Å². The Kier molecular flexibility index (Phi) is 4.04. The zero-order valence-electron chi connectivity index (χ0n) is 10.3. The van der Waals surface area contributed by atoms with Gasteiger partial charge in [0.25, 0.3) is 0 Å². The minimum atomic E-state index is 0.959. The smallest absolute Gasteiger partial charge is 0.00190 e. The van der Waals surface area contributed by atoms with Crippen molar-refractivity contribution in [1.82, 2.24) is 10.2 Å². The quantitative estimate of drug-likeness (QED) is 0.749. The molecule has 0 spiro atoms. The molecule has 1 N–H and O–H groups in total. The van der Waals surface area contributed by atoms with E-state index in [2.05, 4.69) is 24.2 Å². The zero-order valence-corrected chi connectivity index (χ0v) is 10.3. The summed E-state index contributed by atoms with van der Waals surface area (Å²) in [6.07, 6.45) is 5.68. The van der Waals surface area contributed by atoms with Crippen molar-refractivity contribution < 1.29 is 0 Å². The number of nitrogens with one attached hydrogen (secondary N) is 1. The molecule has 0 aromatic heterocycles.